The van der Waals surface area contributed by atoms with E-state index in [0.717, 1.165) is 25.0 Å². The summed E-state index contributed by atoms with van der Waals surface area (Å²) in [6.45, 7) is 6.09. The highest BCUT2D eigenvalue weighted by Gasteiger charge is 2.53. The van der Waals surface area contributed by atoms with Gasteiger partial charge in [0.15, 0.2) is 0 Å². The minimum absolute atomic E-state index is 0.0738. The fraction of sp³-hybridized carbons (Fsp3) is 0.522. The van der Waals surface area contributed by atoms with Crippen LogP contribution in [0.1, 0.15) is 52.0 Å². The summed E-state index contributed by atoms with van der Waals surface area (Å²) in [5.41, 5.74) is 2.98. The maximum atomic E-state index is 13.0. The Labute approximate surface area is 176 Å². The first-order chi connectivity index (χ1) is 14.3. The molecule has 1 spiro atoms. The third-order valence-electron chi connectivity index (χ3n) is 6.50. The number of fused-ring (bicyclic) bond motifs is 5. The predicted molar refractivity (Wildman–Crippen MR) is 112 cm³/mol. The van der Waals surface area contributed by atoms with Gasteiger partial charge in [0.05, 0.1) is 23.8 Å². The van der Waals surface area contributed by atoms with Gasteiger partial charge in [0.1, 0.15) is 11.6 Å². The Kier molecular flexibility index (Phi) is 4.21. The van der Waals surface area contributed by atoms with Crippen LogP contribution in [0.4, 0.5) is 4.79 Å². The van der Waals surface area contributed by atoms with Crippen molar-refractivity contribution < 1.29 is 14.3 Å². The zero-order valence-electron chi connectivity index (χ0n) is 17.7. The third-order valence-corrected chi connectivity index (χ3v) is 6.50. The van der Waals surface area contributed by atoms with E-state index in [-0.39, 0.29) is 17.5 Å². The van der Waals surface area contributed by atoms with Crippen LogP contribution in [0, 0.1) is 0 Å². The van der Waals surface area contributed by atoms with E-state index in [4.69, 9.17) is 4.74 Å². The number of likely N-dealkylation sites (tertiary alicyclic amines) is 1. The van der Waals surface area contributed by atoms with E-state index in [9.17, 15) is 9.59 Å². The van der Waals surface area contributed by atoms with Crippen LogP contribution in [0.15, 0.2) is 36.8 Å². The van der Waals surface area contributed by atoms with Gasteiger partial charge in [-0.1, -0.05) is 24.3 Å². The van der Waals surface area contributed by atoms with Crippen molar-refractivity contribution in [2.75, 3.05) is 6.54 Å². The van der Waals surface area contributed by atoms with Crippen molar-refractivity contribution in [2.24, 2.45) is 0 Å². The van der Waals surface area contributed by atoms with Gasteiger partial charge >= 0.3 is 6.09 Å². The number of benzene rings is 1. The SMILES string of the molecule is CC(C)(C)OC(=O)N1CCCC1C(=O)NC1CC2(C1)c1ccccc1-c1cncn12. The Bertz CT molecular complexity index is 1000. The molecule has 1 aliphatic carbocycles. The van der Waals surface area contributed by atoms with Crippen molar-refractivity contribution in [1.29, 1.82) is 0 Å². The lowest BCUT2D eigenvalue weighted by atomic mass is 9.68. The Morgan fingerprint density at radius 3 is 2.77 bits per heavy atom. The van der Waals surface area contributed by atoms with E-state index < -0.39 is 17.7 Å². The zero-order valence-corrected chi connectivity index (χ0v) is 17.7. The van der Waals surface area contributed by atoms with Gasteiger partial charge in [-0.05, 0) is 52.0 Å². The average Bonchev–Trinajstić information content (AvgIpc) is 3.36. The quantitative estimate of drug-likeness (QED) is 0.827. The van der Waals surface area contributed by atoms with Gasteiger partial charge in [-0.2, -0.15) is 0 Å². The number of nitrogens with one attached hydrogen (secondary N) is 1. The van der Waals surface area contributed by atoms with Crippen LogP contribution in [-0.4, -0.2) is 50.7 Å². The number of carbonyl (C=O) groups is 2. The molecule has 3 aliphatic rings. The molecule has 1 aromatic carbocycles. The number of rotatable bonds is 2. The molecule has 1 atom stereocenters. The van der Waals surface area contributed by atoms with Crippen molar-refractivity contribution in [1.82, 2.24) is 19.8 Å². The number of aromatic nitrogens is 2. The molecule has 5 rings (SSSR count). The molecular formula is C23H28N4O3. The van der Waals surface area contributed by atoms with E-state index >= 15 is 0 Å². The number of carbonyl (C=O) groups excluding carboxylic acids is 2. The fourth-order valence-corrected chi connectivity index (χ4v) is 5.23. The molecule has 1 aromatic heterocycles. The van der Waals surface area contributed by atoms with Gasteiger partial charge in [0.2, 0.25) is 5.91 Å². The summed E-state index contributed by atoms with van der Waals surface area (Å²) in [6, 6.07) is 8.08. The molecule has 7 nitrogen and oxygen atoms in total. The molecular weight excluding hydrogens is 380 g/mol. The van der Waals surface area contributed by atoms with Crippen LogP contribution < -0.4 is 5.32 Å². The first-order valence-corrected chi connectivity index (χ1v) is 10.7. The molecule has 1 N–H and O–H groups in total. The van der Waals surface area contributed by atoms with Gasteiger partial charge in [-0.3, -0.25) is 9.69 Å². The van der Waals surface area contributed by atoms with Crippen LogP contribution in [0.25, 0.3) is 11.3 Å². The van der Waals surface area contributed by atoms with E-state index in [1.165, 1.54) is 11.1 Å². The van der Waals surface area contributed by atoms with Crippen molar-refractivity contribution >= 4 is 12.0 Å². The molecule has 2 aliphatic heterocycles. The minimum atomic E-state index is -0.570. The molecule has 30 heavy (non-hydrogen) atoms. The number of hydrogen-bond acceptors (Lipinski definition) is 4. The predicted octanol–water partition coefficient (Wildman–Crippen LogP) is 3.29. The molecule has 1 saturated heterocycles. The molecule has 2 fully saturated rings. The van der Waals surface area contributed by atoms with Crippen LogP contribution >= 0.6 is 0 Å². The molecule has 1 unspecified atom stereocenters. The Morgan fingerprint density at radius 1 is 1.23 bits per heavy atom. The first-order valence-electron chi connectivity index (χ1n) is 10.7. The highest BCUT2D eigenvalue weighted by Crippen LogP contribution is 2.54. The fourth-order valence-electron chi connectivity index (χ4n) is 5.23. The number of hydrogen-bond donors (Lipinski definition) is 1. The molecule has 0 radical (unpaired) electrons. The Balaban J connectivity index is 1.27. The highest BCUT2D eigenvalue weighted by atomic mass is 16.6. The standard InChI is InChI=1S/C23H28N4O3/c1-22(2,3)30-21(29)26-10-6-9-18(26)20(28)25-15-11-23(12-15)17-8-5-4-7-16(17)19-13-24-14-27(19)23/h4-5,7-8,13-15,18H,6,9-12H2,1-3H3,(H,25,28). The maximum Gasteiger partial charge on any atom is 0.410 e. The summed E-state index contributed by atoms with van der Waals surface area (Å²) >= 11 is 0. The van der Waals surface area contributed by atoms with Crippen LogP contribution in [0.2, 0.25) is 0 Å². The van der Waals surface area contributed by atoms with E-state index in [1.807, 2.05) is 33.3 Å². The Morgan fingerprint density at radius 2 is 2.00 bits per heavy atom. The number of amides is 2. The van der Waals surface area contributed by atoms with E-state index in [0.29, 0.717) is 13.0 Å². The summed E-state index contributed by atoms with van der Waals surface area (Å²) in [6.07, 6.45) is 6.56. The van der Waals surface area contributed by atoms with E-state index in [2.05, 4.69) is 39.1 Å². The summed E-state index contributed by atoms with van der Waals surface area (Å²) in [4.78, 5) is 31.4. The third kappa shape index (κ3) is 2.90. The maximum absolute atomic E-state index is 13.0. The minimum Gasteiger partial charge on any atom is -0.444 e. The topological polar surface area (TPSA) is 76.5 Å². The van der Waals surface area contributed by atoms with Crippen molar-refractivity contribution in [3.05, 3.63) is 42.4 Å². The van der Waals surface area contributed by atoms with Gasteiger partial charge in [-0.15, -0.1) is 0 Å². The van der Waals surface area contributed by atoms with Crippen LogP contribution in [-0.2, 0) is 15.1 Å². The van der Waals surface area contributed by atoms with Gasteiger partial charge in [0.25, 0.3) is 0 Å². The van der Waals surface area contributed by atoms with Crippen LogP contribution in [0.3, 0.4) is 0 Å². The highest BCUT2D eigenvalue weighted by molar-refractivity contribution is 5.86. The lowest BCUT2D eigenvalue weighted by Crippen LogP contribution is -2.58. The second-order valence-corrected chi connectivity index (χ2v) is 9.67. The lowest BCUT2D eigenvalue weighted by molar-refractivity contribution is -0.127. The molecule has 3 heterocycles. The molecule has 158 valence electrons. The monoisotopic (exact) mass is 408 g/mol. The van der Waals surface area contributed by atoms with Crippen molar-refractivity contribution in [3.63, 3.8) is 0 Å². The average molecular weight is 409 g/mol. The number of nitrogens with zero attached hydrogens (tertiary/aromatic N) is 3. The normalized spacial score (nSPS) is 26.8. The second-order valence-electron chi connectivity index (χ2n) is 9.67. The van der Waals surface area contributed by atoms with Gasteiger partial charge in [-0.25, -0.2) is 9.78 Å². The second kappa shape index (κ2) is 6.59. The van der Waals surface area contributed by atoms with Crippen molar-refractivity contribution in [2.45, 2.75) is 69.7 Å². The molecule has 7 heteroatoms. The summed E-state index contributed by atoms with van der Waals surface area (Å²) < 4.78 is 7.74. The van der Waals surface area contributed by atoms with Crippen LogP contribution in [0.5, 0.6) is 0 Å². The summed E-state index contributed by atoms with van der Waals surface area (Å²) in [5, 5.41) is 3.19. The zero-order chi connectivity index (χ0) is 21.1. The largest absolute Gasteiger partial charge is 0.444 e. The Hall–Kier alpha value is -2.83. The molecule has 0 bridgehead atoms. The molecule has 2 aromatic rings. The summed E-state index contributed by atoms with van der Waals surface area (Å²) in [5.74, 6) is -0.0738. The van der Waals surface area contributed by atoms with E-state index in [1.54, 1.807) is 4.90 Å². The van der Waals surface area contributed by atoms with Gasteiger partial charge < -0.3 is 14.6 Å². The lowest BCUT2D eigenvalue weighted by Gasteiger charge is -2.47. The number of imidazole rings is 1. The smallest absolute Gasteiger partial charge is 0.410 e. The number of ether oxygens (including phenoxy) is 1. The molecule has 2 amide bonds. The van der Waals surface area contributed by atoms with Gasteiger partial charge in [0, 0.05) is 18.2 Å². The first kappa shape index (κ1) is 19.2. The summed E-state index contributed by atoms with van der Waals surface area (Å²) in [7, 11) is 0. The van der Waals surface area contributed by atoms with Crippen molar-refractivity contribution in [3.8, 4) is 11.3 Å². The molecule has 1 saturated carbocycles.